The SMILES string of the molecule is Cc1ccc(N(CC(=O)N(CCc2ccccc2)C(C)C(=O)NC(C)C)S(=O)(=O)c2ccccc2)cc1. The fourth-order valence-corrected chi connectivity index (χ4v) is 5.37. The lowest BCUT2D eigenvalue weighted by atomic mass is 10.1. The summed E-state index contributed by atoms with van der Waals surface area (Å²) in [5.41, 5.74) is 2.37. The smallest absolute Gasteiger partial charge is 0.264 e. The lowest BCUT2D eigenvalue weighted by Gasteiger charge is -2.32. The van der Waals surface area contributed by atoms with Crippen molar-refractivity contribution in [1.82, 2.24) is 10.2 Å². The number of nitrogens with one attached hydrogen (secondary N) is 1. The Kier molecular flexibility index (Phi) is 9.47. The molecule has 0 bridgehead atoms. The summed E-state index contributed by atoms with van der Waals surface area (Å²) in [4.78, 5) is 28.2. The van der Waals surface area contributed by atoms with E-state index in [4.69, 9.17) is 0 Å². The molecule has 8 heteroatoms. The zero-order valence-electron chi connectivity index (χ0n) is 21.8. The van der Waals surface area contributed by atoms with Gasteiger partial charge < -0.3 is 10.2 Å². The number of benzene rings is 3. The summed E-state index contributed by atoms with van der Waals surface area (Å²) in [5, 5.41) is 2.86. The van der Waals surface area contributed by atoms with Gasteiger partial charge in [-0.15, -0.1) is 0 Å². The van der Waals surface area contributed by atoms with Crippen LogP contribution in [0.4, 0.5) is 5.69 Å². The standard InChI is InChI=1S/C29H35N3O4S/c1-22(2)30-29(34)24(4)31(20-19-25-11-7-5-8-12-25)28(33)21-32(26-17-15-23(3)16-18-26)37(35,36)27-13-9-6-10-14-27/h5-18,22,24H,19-21H2,1-4H3,(H,30,34). The second kappa shape index (κ2) is 12.5. The van der Waals surface area contributed by atoms with Crippen LogP contribution >= 0.6 is 0 Å². The molecule has 0 saturated heterocycles. The molecule has 37 heavy (non-hydrogen) atoms. The minimum Gasteiger partial charge on any atom is -0.352 e. The highest BCUT2D eigenvalue weighted by Gasteiger charge is 2.32. The molecule has 3 rings (SSSR count). The normalized spacial score (nSPS) is 12.1. The van der Waals surface area contributed by atoms with Crippen LogP contribution in [-0.4, -0.2) is 50.3 Å². The summed E-state index contributed by atoms with van der Waals surface area (Å²) in [5.74, 6) is -0.744. The minimum absolute atomic E-state index is 0.0878. The Morgan fingerprint density at radius 1 is 0.838 bits per heavy atom. The summed E-state index contributed by atoms with van der Waals surface area (Å²) in [6, 6.07) is 23.8. The first-order chi connectivity index (χ1) is 17.6. The third kappa shape index (κ3) is 7.43. The van der Waals surface area contributed by atoms with Crippen molar-refractivity contribution in [3.05, 3.63) is 96.1 Å². The van der Waals surface area contributed by atoms with Crippen molar-refractivity contribution >= 4 is 27.5 Å². The largest absolute Gasteiger partial charge is 0.352 e. The summed E-state index contributed by atoms with van der Waals surface area (Å²) in [7, 11) is -4.04. The number of aryl methyl sites for hydroxylation is 1. The van der Waals surface area contributed by atoms with Crippen LogP contribution in [0.15, 0.2) is 89.8 Å². The molecule has 0 heterocycles. The molecular weight excluding hydrogens is 486 g/mol. The maximum atomic E-state index is 13.8. The van der Waals surface area contributed by atoms with Crippen LogP contribution in [0.1, 0.15) is 31.9 Å². The van der Waals surface area contributed by atoms with Gasteiger partial charge in [-0.25, -0.2) is 8.42 Å². The van der Waals surface area contributed by atoms with Crippen LogP contribution in [0.5, 0.6) is 0 Å². The van der Waals surface area contributed by atoms with Gasteiger partial charge in [-0.1, -0.05) is 66.2 Å². The van der Waals surface area contributed by atoms with Crippen LogP contribution in [0.3, 0.4) is 0 Å². The first-order valence-electron chi connectivity index (χ1n) is 12.4. The van der Waals surface area contributed by atoms with Gasteiger partial charge in [0.25, 0.3) is 10.0 Å². The Balaban J connectivity index is 1.95. The molecule has 0 spiro atoms. The van der Waals surface area contributed by atoms with Crippen molar-refractivity contribution in [2.24, 2.45) is 0 Å². The van der Waals surface area contributed by atoms with Crippen molar-refractivity contribution in [2.75, 3.05) is 17.4 Å². The topological polar surface area (TPSA) is 86.8 Å². The number of hydrogen-bond acceptors (Lipinski definition) is 4. The summed E-state index contributed by atoms with van der Waals surface area (Å²) < 4.78 is 28.5. The zero-order valence-corrected chi connectivity index (χ0v) is 22.6. The molecule has 1 atom stereocenters. The van der Waals surface area contributed by atoms with Gasteiger partial charge in [0.1, 0.15) is 12.6 Å². The highest BCUT2D eigenvalue weighted by atomic mass is 32.2. The predicted octanol–water partition coefficient (Wildman–Crippen LogP) is 4.17. The van der Waals surface area contributed by atoms with Crippen molar-refractivity contribution in [2.45, 2.75) is 51.1 Å². The van der Waals surface area contributed by atoms with Gasteiger partial charge in [0, 0.05) is 12.6 Å². The van der Waals surface area contributed by atoms with E-state index in [1.54, 1.807) is 49.4 Å². The number of rotatable bonds is 11. The van der Waals surface area contributed by atoms with Crippen molar-refractivity contribution in [3.8, 4) is 0 Å². The number of nitrogens with zero attached hydrogens (tertiary/aromatic N) is 2. The molecule has 0 saturated carbocycles. The molecule has 3 aromatic carbocycles. The average molecular weight is 522 g/mol. The van der Waals surface area contributed by atoms with E-state index >= 15 is 0 Å². The van der Waals surface area contributed by atoms with Gasteiger partial charge in [0.05, 0.1) is 10.6 Å². The molecule has 7 nitrogen and oxygen atoms in total. The van der Waals surface area contributed by atoms with Gasteiger partial charge in [-0.05, 0) is 63.9 Å². The molecule has 2 amide bonds. The molecule has 0 radical (unpaired) electrons. The summed E-state index contributed by atoms with van der Waals surface area (Å²) in [6.45, 7) is 7.11. The van der Waals surface area contributed by atoms with Crippen molar-refractivity contribution in [1.29, 1.82) is 0 Å². The molecule has 0 aliphatic carbocycles. The van der Waals surface area contributed by atoms with Crippen LogP contribution in [-0.2, 0) is 26.0 Å². The third-order valence-electron chi connectivity index (χ3n) is 6.01. The second-order valence-corrected chi connectivity index (χ2v) is 11.2. The lowest BCUT2D eigenvalue weighted by molar-refractivity contribution is -0.139. The third-order valence-corrected chi connectivity index (χ3v) is 7.80. The van der Waals surface area contributed by atoms with E-state index < -0.39 is 28.5 Å². The van der Waals surface area contributed by atoms with E-state index in [1.165, 1.54) is 17.0 Å². The number of sulfonamides is 1. The predicted molar refractivity (Wildman–Crippen MR) is 147 cm³/mol. The van der Waals surface area contributed by atoms with Gasteiger partial charge in [0.15, 0.2) is 0 Å². The summed E-state index contributed by atoms with van der Waals surface area (Å²) in [6.07, 6.45) is 0.530. The molecule has 3 aromatic rings. The Hall–Kier alpha value is -3.65. The van der Waals surface area contributed by atoms with Crippen molar-refractivity contribution < 1.29 is 18.0 Å². The molecule has 196 valence electrons. The Morgan fingerprint density at radius 2 is 1.41 bits per heavy atom. The molecule has 0 aliphatic rings. The number of carbonyl (C=O) groups excluding carboxylic acids is 2. The first kappa shape index (κ1) is 27.9. The zero-order chi connectivity index (χ0) is 27.0. The highest BCUT2D eigenvalue weighted by Crippen LogP contribution is 2.24. The van der Waals surface area contributed by atoms with Crippen LogP contribution < -0.4 is 9.62 Å². The molecular formula is C29H35N3O4S. The average Bonchev–Trinajstić information content (AvgIpc) is 2.88. The van der Waals surface area contributed by atoms with E-state index in [0.29, 0.717) is 12.1 Å². The second-order valence-electron chi connectivity index (χ2n) is 9.32. The van der Waals surface area contributed by atoms with E-state index in [2.05, 4.69) is 5.32 Å². The monoisotopic (exact) mass is 521 g/mol. The van der Waals surface area contributed by atoms with Crippen LogP contribution in [0.2, 0.25) is 0 Å². The van der Waals surface area contributed by atoms with Gasteiger partial charge in [0.2, 0.25) is 11.8 Å². The molecule has 0 aliphatic heterocycles. The molecule has 0 fully saturated rings. The Bertz CT molecular complexity index is 1280. The lowest BCUT2D eigenvalue weighted by Crippen LogP contribution is -2.53. The fraction of sp³-hybridized carbons (Fsp3) is 0.310. The number of amides is 2. The number of carbonyl (C=O) groups is 2. The fourth-order valence-electron chi connectivity index (χ4n) is 3.93. The Morgan fingerprint density at radius 3 is 1.97 bits per heavy atom. The highest BCUT2D eigenvalue weighted by molar-refractivity contribution is 7.92. The van der Waals surface area contributed by atoms with E-state index in [0.717, 1.165) is 15.4 Å². The van der Waals surface area contributed by atoms with Crippen LogP contribution in [0.25, 0.3) is 0 Å². The van der Waals surface area contributed by atoms with E-state index in [9.17, 15) is 18.0 Å². The maximum absolute atomic E-state index is 13.8. The maximum Gasteiger partial charge on any atom is 0.264 e. The van der Waals surface area contributed by atoms with Crippen molar-refractivity contribution in [3.63, 3.8) is 0 Å². The van der Waals surface area contributed by atoms with E-state index in [1.807, 2.05) is 51.1 Å². The number of hydrogen-bond donors (Lipinski definition) is 1. The molecule has 1 unspecified atom stereocenters. The first-order valence-corrected chi connectivity index (χ1v) is 13.8. The molecule has 0 aromatic heterocycles. The summed E-state index contributed by atoms with van der Waals surface area (Å²) >= 11 is 0. The minimum atomic E-state index is -4.04. The van der Waals surface area contributed by atoms with Crippen LogP contribution in [0, 0.1) is 6.92 Å². The number of anilines is 1. The van der Waals surface area contributed by atoms with Gasteiger partial charge >= 0.3 is 0 Å². The van der Waals surface area contributed by atoms with Gasteiger partial charge in [-0.2, -0.15) is 0 Å². The van der Waals surface area contributed by atoms with E-state index in [-0.39, 0.29) is 23.4 Å². The Labute approximate surface area is 220 Å². The van der Waals surface area contributed by atoms with Gasteiger partial charge in [-0.3, -0.25) is 13.9 Å². The quantitative estimate of drug-likeness (QED) is 0.410. The molecule has 1 N–H and O–H groups in total.